The summed E-state index contributed by atoms with van der Waals surface area (Å²) in [6, 6.07) is 0. The van der Waals surface area contributed by atoms with Gasteiger partial charge in [-0.3, -0.25) is 15.0 Å². The Kier molecular flexibility index (Phi) is 5.24. The number of rotatable bonds is 6. The summed E-state index contributed by atoms with van der Waals surface area (Å²) >= 11 is 1.44. The molecule has 1 aliphatic heterocycles. The minimum absolute atomic E-state index is 0.0905. The van der Waals surface area contributed by atoms with E-state index in [1.54, 1.807) is 0 Å². The zero-order valence-electron chi connectivity index (χ0n) is 11.1. The van der Waals surface area contributed by atoms with E-state index in [0.717, 1.165) is 37.2 Å². The highest BCUT2D eigenvalue weighted by atomic mass is 32.1. The molecule has 1 fully saturated rings. The van der Waals surface area contributed by atoms with Gasteiger partial charge in [-0.1, -0.05) is 24.7 Å². The molecule has 1 saturated heterocycles. The second-order valence-electron chi connectivity index (χ2n) is 4.83. The van der Waals surface area contributed by atoms with Crippen LogP contribution < -0.4 is 5.32 Å². The lowest BCUT2D eigenvalue weighted by Crippen LogP contribution is -2.32. The number of aliphatic hydroxyl groups is 1. The van der Waals surface area contributed by atoms with Gasteiger partial charge in [-0.05, 0) is 12.8 Å². The summed E-state index contributed by atoms with van der Waals surface area (Å²) < 4.78 is 0. The van der Waals surface area contributed by atoms with Gasteiger partial charge in [0.1, 0.15) is 5.01 Å². The van der Waals surface area contributed by atoms with Crippen LogP contribution in [-0.2, 0) is 11.2 Å². The van der Waals surface area contributed by atoms with Crippen LogP contribution in [0.1, 0.15) is 31.2 Å². The van der Waals surface area contributed by atoms with E-state index in [1.165, 1.54) is 11.3 Å². The van der Waals surface area contributed by atoms with Gasteiger partial charge in [0, 0.05) is 19.5 Å². The van der Waals surface area contributed by atoms with Crippen molar-refractivity contribution >= 4 is 22.4 Å². The number of carbonyl (C=O) groups excluding carboxylic acids is 1. The molecule has 1 atom stereocenters. The number of β-amino-alcohol motifs (C(OH)–C–C–N with tert-alkyl or cyclic N) is 1. The first-order valence-corrected chi connectivity index (χ1v) is 7.51. The van der Waals surface area contributed by atoms with Gasteiger partial charge < -0.3 is 5.11 Å². The van der Waals surface area contributed by atoms with E-state index in [1.807, 2.05) is 4.90 Å². The molecule has 1 aromatic rings. The molecule has 106 valence electrons. The molecule has 2 rings (SSSR count). The number of nitrogens with one attached hydrogen (secondary N) is 1. The number of nitrogens with zero attached hydrogens (tertiary/aromatic N) is 3. The maximum atomic E-state index is 11.8. The number of aryl methyl sites for hydroxylation is 1. The Bertz CT molecular complexity index is 424. The molecule has 2 heterocycles. The summed E-state index contributed by atoms with van der Waals surface area (Å²) in [6.45, 7) is 3.78. The van der Waals surface area contributed by atoms with Crippen LogP contribution in [0.3, 0.4) is 0 Å². The summed E-state index contributed by atoms with van der Waals surface area (Å²) in [5, 5.41) is 21.7. The second-order valence-corrected chi connectivity index (χ2v) is 5.89. The first kappa shape index (κ1) is 14.4. The quantitative estimate of drug-likeness (QED) is 0.811. The molecule has 0 aromatic carbocycles. The summed E-state index contributed by atoms with van der Waals surface area (Å²) in [4.78, 5) is 13.7. The molecule has 1 aliphatic rings. The van der Waals surface area contributed by atoms with Crippen molar-refractivity contribution in [1.29, 1.82) is 0 Å². The average Bonchev–Trinajstić information content (AvgIpc) is 2.96. The fourth-order valence-electron chi connectivity index (χ4n) is 2.05. The number of hydrogen-bond donors (Lipinski definition) is 2. The Morgan fingerprint density at radius 3 is 3.11 bits per heavy atom. The van der Waals surface area contributed by atoms with Gasteiger partial charge in [-0.25, -0.2) is 0 Å². The number of unbranched alkanes of at least 4 members (excludes halogenated alkanes) is 1. The van der Waals surface area contributed by atoms with Crippen molar-refractivity contribution in [3.05, 3.63) is 5.01 Å². The normalized spacial score (nSPS) is 19.8. The van der Waals surface area contributed by atoms with E-state index in [-0.39, 0.29) is 12.0 Å². The van der Waals surface area contributed by atoms with Crippen molar-refractivity contribution in [3.8, 4) is 0 Å². The zero-order chi connectivity index (χ0) is 13.7. The average molecular weight is 284 g/mol. The van der Waals surface area contributed by atoms with Gasteiger partial charge in [0.2, 0.25) is 11.0 Å². The van der Waals surface area contributed by atoms with Crippen molar-refractivity contribution in [2.24, 2.45) is 0 Å². The van der Waals surface area contributed by atoms with Crippen LogP contribution in [0.2, 0.25) is 0 Å². The summed E-state index contributed by atoms with van der Waals surface area (Å²) in [6.07, 6.45) is 3.58. The zero-order valence-corrected chi connectivity index (χ0v) is 11.9. The lowest BCUT2D eigenvalue weighted by atomic mass is 10.3. The predicted octanol–water partition coefficient (Wildman–Crippen LogP) is 0.886. The molecule has 1 aromatic heterocycles. The summed E-state index contributed by atoms with van der Waals surface area (Å²) in [5.74, 6) is -0.0905. The number of hydrogen-bond acceptors (Lipinski definition) is 6. The van der Waals surface area contributed by atoms with E-state index in [2.05, 4.69) is 22.4 Å². The largest absolute Gasteiger partial charge is 0.392 e. The first-order valence-electron chi connectivity index (χ1n) is 6.70. The number of likely N-dealkylation sites (tertiary alicyclic amines) is 1. The third-order valence-corrected chi connectivity index (χ3v) is 3.97. The molecule has 2 N–H and O–H groups in total. The van der Waals surface area contributed by atoms with E-state index in [0.29, 0.717) is 18.2 Å². The highest BCUT2D eigenvalue weighted by Gasteiger charge is 2.22. The molecule has 0 radical (unpaired) electrons. The summed E-state index contributed by atoms with van der Waals surface area (Å²) in [7, 11) is 0. The third-order valence-electron chi connectivity index (χ3n) is 3.07. The molecule has 0 aliphatic carbocycles. The van der Waals surface area contributed by atoms with E-state index < -0.39 is 0 Å². The van der Waals surface area contributed by atoms with Gasteiger partial charge in [0.05, 0.1) is 12.6 Å². The standard InChI is InChI=1S/C12H20N4O2S/c1-2-3-4-11-14-15-12(19-11)13-10(18)8-16-6-5-9(17)7-16/h9,17H,2-8H2,1H3,(H,13,15,18)/t9-/m0/s1. The molecule has 0 bridgehead atoms. The second kappa shape index (κ2) is 6.93. The van der Waals surface area contributed by atoms with Crippen LogP contribution >= 0.6 is 11.3 Å². The lowest BCUT2D eigenvalue weighted by Gasteiger charge is -2.13. The predicted molar refractivity (Wildman–Crippen MR) is 74.2 cm³/mol. The Labute approximate surface area is 116 Å². The Morgan fingerprint density at radius 1 is 1.58 bits per heavy atom. The Balaban J connectivity index is 1.77. The SMILES string of the molecule is CCCCc1nnc(NC(=O)CN2CC[C@H](O)C2)s1. The van der Waals surface area contributed by atoms with Gasteiger partial charge in [0.15, 0.2) is 0 Å². The van der Waals surface area contributed by atoms with Crippen LogP contribution in [-0.4, -0.2) is 51.8 Å². The smallest absolute Gasteiger partial charge is 0.240 e. The van der Waals surface area contributed by atoms with Gasteiger partial charge in [-0.2, -0.15) is 0 Å². The van der Waals surface area contributed by atoms with Crippen LogP contribution in [0.4, 0.5) is 5.13 Å². The molecular formula is C12H20N4O2S. The van der Waals surface area contributed by atoms with Gasteiger partial charge >= 0.3 is 0 Å². The highest BCUT2D eigenvalue weighted by Crippen LogP contribution is 2.17. The van der Waals surface area contributed by atoms with Crippen LogP contribution in [0.15, 0.2) is 0 Å². The fraction of sp³-hybridized carbons (Fsp3) is 0.750. The van der Waals surface area contributed by atoms with Crippen LogP contribution in [0.5, 0.6) is 0 Å². The third kappa shape index (κ3) is 4.52. The number of carbonyl (C=O) groups is 1. The van der Waals surface area contributed by atoms with Crippen LogP contribution in [0.25, 0.3) is 0 Å². The number of anilines is 1. The number of aliphatic hydroxyl groups excluding tert-OH is 1. The molecule has 0 unspecified atom stereocenters. The topological polar surface area (TPSA) is 78.4 Å². The molecule has 1 amide bonds. The van der Waals surface area contributed by atoms with Crippen LogP contribution in [0, 0.1) is 0 Å². The number of aromatic nitrogens is 2. The minimum Gasteiger partial charge on any atom is -0.392 e. The first-order chi connectivity index (χ1) is 9.17. The Hall–Kier alpha value is -1.05. The fourth-order valence-corrected chi connectivity index (χ4v) is 2.85. The molecular weight excluding hydrogens is 264 g/mol. The van der Waals surface area contributed by atoms with E-state index in [9.17, 15) is 9.90 Å². The van der Waals surface area contributed by atoms with Crippen molar-refractivity contribution in [1.82, 2.24) is 15.1 Å². The molecule has 7 heteroatoms. The maximum Gasteiger partial charge on any atom is 0.240 e. The lowest BCUT2D eigenvalue weighted by molar-refractivity contribution is -0.117. The maximum absolute atomic E-state index is 11.8. The highest BCUT2D eigenvalue weighted by molar-refractivity contribution is 7.15. The van der Waals surface area contributed by atoms with Gasteiger partial charge in [-0.15, -0.1) is 10.2 Å². The van der Waals surface area contributed by atoms with Crippen molar-refractivity contribution in [2.45, 2.75) is 38.7 Å². The molecule has 0 spiro atoms. The summed E-state index contributed by atoms with van der Waals surface area (Å²) in [5.41, 5.74) is 0. The van der Waals surface area contributed by atoms with Crippen molar-refractivity contribution in [2.75, 3.05) is 25.0 Å². The number of amides is 1. The van der Waals surface area contributed by atoms with Crippen molar-refractivity contribution < 1.29 is 9.90 Å². The van der Waals surface area contributed by atoms with E-state index >= 15 is 0 Å². The Morgan fingerprint density at radius 2 is 2.42 bits per heavy atom. The monoisotopic (exact) mass is 284 g/mol. The van der Waals surface area contributed by atoms with Crippen molar-refractivity contribution in [3.63, 3.8) is 0 Å². The molecule has 6 nitrogen and oxygen atoms in total. The van der Waals surface area contributed by atoms with E-state index in [4.69, 9.17) is 0 Å². The minimum atomic E-state index is -0.296. The molecule has 19 heavy (non-hydrogen) atoms. The molecule has 0 saturated carbocycles. The van der Waals surface area contributed by atoms with Gasteiger partial charge in [0.25, 0.3) is 0 Å².